The van der Waals surface area contributed by atoms with E-state index in [2.05, 4.69) is 24.5 Å². The first kappa shape index (κ1) is 13.0. The van der Waals surface area contributed by atoms with Gasteiger partial charge in [-0.05, 0) is 51.7 Å². The highest BCUT2D eigenvalue weighted by molar-refractivity contribution is 4.72. The van der Waals surface area contributed by atoms with Gasteiger partial charge in [-0.1, -0.05) is 26.2 Å². The maximum absolute atomic E-state index is 3.68. The van der Waals surface area contributed by atoms with Gasteiger partial charge in [-0.3, -0.25) is 0 Å². The van der Waals surface area contributed by atoms with Crippen molar-refractivity contribution in [3.8, 4) is 0 Å². The molecule has 0 aromatic rings. The molecule has 0 radical (unpaired) electrons. The topological polar surface area (TPSA) is 24.1 Å². The van der Waals surface area contributed by atoms with Crippen molar-refractivity contribution < 1.29 is 0 Å². The molecule has 1 fully saturated rings. The van der Waals surface area contributed by atoms with E-state index >= 15 is 0 Å². The van der Waals surface area contributed by atoms with Crippen LogP contribution >= 0.6 is 0 Å². The molecule has 0 amide bonds. The van der Waals surface area contributed by atoms with Gasteiger partial charge in [-0.15, -0.1) is 0 Å². The quantitative estimate of drug-likeness (QED) is 0.634. The van der Waals surface area contributed by atoms with Gasteiger partial charge in [0.2, 0.25) is 0 Å². The molecule has 1 rings (SSSR count). The molecule has 2 heteroatoms. The zero-order valence-corrected chi connectivity index (χ0v) is 10.5. The Balaban J connectivity index is 1.97. The second-order valence-corrected chi connectivity index (χ2v) is 5.00. The zero-order chi connectivity index (χ0) is 10.9. The van der Waals surface area contributed by atoms with Gasteiger partial charge in [-0.25, -0.2) is 0 Å². The van der Waals surface area contributed by atoms with E-state index < -0.39 is 0 Å². The molecule has 0 spiro atoms. The lowest BCUT2D eigenvalue weighted by atomic mass is 9.97. The summed E-state index contributed by atoms with van der Waals surface area (Å²) in [5.74, 6) is 0.917. The van der Waals surface area contributed by atoms with Crippen LogP contribution in [0.15, 0.2) is 0 Å². The predicted molar refractivity (Wildman–Crippen MR) is 67.2 cm³/mol. The summed E-state index contributed by atoms with van der Waals surface area (Å²) in [6, 6.07) is 0.714. The van der Waals surface area contributed by atoms with Crippen molar-refractivity contribution in [3.63, 3.8) is 0 Å². The highest BCUT2D eigenvalue weighted by Gasteiger charge is 2.13. The van der Waals surface area contributed by atoms with Gasteiger partial charge < -0.3 is 10.6 Å². The highest BCUT2D eigenvalue weighted by Crippen LogP contribution is 2.11. The van der Waals surface area contributed by atoms with Crippen LogP contribution in [0.5, 0.6) is 0 Å². The average molecular weight is 212 g/mol. The number of hydrogen-bond acceptors (Lipinski definition) is 2. The third kappa shape index (κ3) is 6.16. The molecule has 1 unspecified atom stereocenters. The minimum Gasteiger partial charge on any atom is -0.317 e. The van der Waals surface area contributed by atoms with Crippen molar-refractivity contribution in [3.05, 3.63) is 0 Å². The van der Waals surface area contributed by atoms with Crippen molar-refractivity contribution in [2.45, 2.75) is 58.4 Å². The van der Waals surface area contributed by atoms with E-state index in [1.165, 1.54) is 58.2 Å². The Morgan fingerprint density at radius 1 is 1.27 bits per heavy atom. The summed E-state index contributed by atoms with van der Waals surface area (Å²) < 4.78 is 0. The number of unbranched alkanes of at least 4 members (excludes halogenated alkanes) is 2. The number of nitrogens with one attached hydrogen (secondary N) is 2. The fourth-order valence-corrected chi connectivity index (χ4v) is 2.26. The Morgan fingerprint density at radius 2 is 2.00 bits per heavy atom. The van der Waals surface area contributed by atoms with E-state index in [9.17, 15) is 0 Å². The smallest absolute Gasteiger partial charge is 0.00388 e. The third-order valence-corrected chi connectivity index (χ3v) is 3.45. The van der Waals surface area contributed by atoms with E-state index in [1.54, 1.807) is 0 Å². The first-order valence-electron chi connectivity index (χ1n) is 6.77. The van der Waals surface area contributed by atoms with Gasteiger partial charge in [0.25, 0.3) is 0 Å². The molecular weight excluding hydrogens is 184 g/mol. The minimum absolute atomic E-state index is 0.714. The molecule has 1 aliphatic rings. The Kier molecular flexibility index (Phi) is 7.03. The molecule has 1 saturated heterocycles. The molecular formula is C13H28N2. The van der Waals surface area contributed by atoms with Crippen molar-refractivity contribution in [1.82, 2.24) is 10.6 Å². The lowest BCUT2D eigenvalue weighted by Gasteiger charge is -2.24. The summed E-state index contributed by atoms with van der Waals surface area (Å²) in [5, 5.41) is 7.10. The summed E-state index contributed by atoms with van der Waals surface area (Å²) in [6.07, 6.45) is 8.17. The van der Waals surface area contributed by atoms with Gasteiger partial charge in [-0.2, -0.15) is 0 Å². The summed E-state index contributed by atoms with van der Waals surface area (Å²) >= 11 is 0. The molecule has 2 nitrogen and oxygen atoms in total. The highest BCUT2D eigenvalue weighted by atomic mass is 14.9. The van der Waals surface area contributed by atoms with Crippen LogP contribution in [0.1, 0.15) is 52.4 Å². The van der Waals surface area contributed by atoms with Crippen molar-refractivity contribution >= 4 is 0 Å². The summed E-state index contributed by atoms with van der Waals surface area (Å²) in [6.45, 7) is 8.27. The van der Waals surface area contributed by atoms with Gasteiger partial charge in [0.15, 0.2) is 0 Å². The first-order chi connectivity index (χ1) is 7.33. The molecule has 0 aromatic carbocycles. The molecule has 0 saturated carbocycles. The van der Waals surface area contributed by atoms with Crippen LogP contribution in [0.3, 0.4) is 0 Å². The second-order valence-electron chi connectivity index (χ2n) is 5.00. The lowest BCUT2D eigenvalue weighted by Crippen LogP contribution is -2.36. The standard InChI is InChI=1S/C13H28N2/c1-3-4-5-6-12(2)15-11-13-7-9-14-10-8-13/h12-15H,3-11H2,1-2H3. The maximum atomic E-state index is 3.68. The Morgan fingerprint density at radius 3 is 2.67 bits per heavy atom. The van der Waals surface area contributed by atoms with Crippen LogP contribution in [-0.4, -0.2) is 25.7 Å². The van der Waals surface area contributed by atoms with Crippen LogP contribution in [0.25, 0.3) is 0 Å². The normalized spacial score (nSPS) is 20.4. The molecule has 15 heavy (non-hydrogen) atoms. The molecule has 2 N–H and O–H groups in total. The van der Waals surface area contributed by atoms with Crippen LogP contribution < -0.4 is 10.6 Å². The Labute approximate surface area is 95.2 Å². The molecule has 0 aromatic heterocycles. The largest absolute Gasteiger partial charge is 0.317 e. The van der Waals surface area contributed by atoms with Crippen LogP contribution in [0, 0.1) is 5.92 Å². The summed E-state index contributed by atoms with van der Waals surface area (Å²) in [4.78, 5) is 0. The molecule has 1 heterocycles. The number of rotatable bonds is 7. The van der Waals surface area contributed by atoms with E-state index in [-0.39, 0.29) is 0 Å². The number of piperidine rings is 1. The van der Waals surface area contributed by atoms with E-state index in [0.29, 0.717) is 6.04 Å². The SMILES string of the molecule is CCCCCC(C)NCC1CCNCC1. The van der Waals surface area contributed by atoms with Crippen molar-refractivity contribution in [2.75, 3.05) is 19.6 Å². The van der Waals surface area contributed by atoms with Gasteiger partial charge in [0, 0.05) is 6.04 Å². The Hall–Kier alpha value is -0.0800. The molecule has 0 bridgehead atoms. The molecule has 0 aliphatic carbocycles. The van der Waals surface area contributed by atoms with E-state index in [0.717, 1.165) is 5.92 Å². The zero-order valence-electron chi connectivity index (χ0n) is 10.5. The van der Waals surface area contributed by atoms with Crippen LogP contribution in [-0.2, 0) is 0 Å². The Bertz CT molecular complexity index is 141. The average Bonchev–Trinajstić information content (AvgIpc) is 2.28. The van der Waals surface area contributed by atoms with Crippen molar-refractivity contribution in [1.29, 1.82) is 0 Å². The van der Waals surface area contributed by atoms with Gasteiger partial charge in [0.1, 0.15) is 0 Å². The van der Waals surface area contributed by atoms with E-state index in [4.69, 9.17) is 0 Å². The fraction of sp³-hybridized carbons (Fsp3) is 1.00. The second kappa shape index (κ2) is 8.12. The molecule has 1 atom stereocenters. The fourth-order valence-electron chi connectivity index (χ4n) is 2.26. The summed E-state index contributed by atoms with van der Waals surface area (Å²) in [7, 11) is 0. The van der Waals surface area contributed by atoms with Gasteiger partial charge >= 0.3 is 0 Å². The molecule has 1 aliphatic heterocycles. The maximum Gasteiger partial charge on any atom is 0.00388 e. The van der Waals surface area contributed by atoms with Crippen LogP contribution in [0.4, 0.5) is 0 Å². The van der Waals surface area contributed by atoms with E-state index in [1.807, 2.05) is 0 Å². The monoisotopic (exact) mass is 212 g/mol. The van der Waals surface area contributed by atoms with Gasteiger partial charge in [0.05, 0.1) is 0 Å². The minimum atomic E-state index is 0.714. The van der Waals surface area contributed by atoms with Crippen molar-refractivity contribution in [2.24, 2.45) is 5.92 Å². The first-order valence-corrected chi connectivity index (χ1v) is 6.77. The van der Waals surface area contributed by atoms with Crippen LogP contribution in [0.2, 0.25) is 0 Å². The summed E-state index contributed by atoms with van der Waals surface area (Å²) in [5.41, 5.74) is 0. The third-order valence-electron chi connectivity index (χ3n) is 3.45. The number of hydrogen-bond donors (Lipinski definition) is 2. The molecule has 90 valence electrons. The lowest BCUT2D eigenvalue weighted by molar-refractivity contribution is 0.337. The predicted octanol–water partition coefficient (Wildman–Crippen LogP) is 2.54.